The molecule has 0 aromatic rings. The minimum Gasteiger partial charge on any atom is -0.342 e. The van der Waals surface area contributed by atoms with E-state index in [1.165, 1.54) is 32.1 Å². The minimum absolute atomic E-state index is 0.306. The van der Waals surface area contributed by atoms with E-state index in [0.29, 0.717) is 23.7 Å². The summed E-state index contributed by atoms with van der Waals surface area (Å²) in [6.45, 7) is 13.0. The Bertz CT molecular complexity index is 280. The van der Waals surface area contributed by atoms with Crippen LogP contribution in [0.1, 0.15) is 79.6 Å². The molecule has 0 spiro atoms. The lowest BCUT2D eigenvalue weighted by Gasteiger charge is -2.34. The summed E-state index contributed by atoms with van der Waals surface area (Å²) in [7, 11) is 0. The van der Waals surface area contributed by atoms with Crippen LogP contribution in [-0.2, 0) is 4.79 Å². The number of unbranched alkanes of at least 4 members (excludes halogenated alkanes) is 1. The van der Waals surface area contributed by atoms with Crippen molar-refractivity contribution in [2.75, 3.05) is 13.1 Å². The van der Waals surface area contributed by atoms with Crippen LogP contribution in [0.25, 0.3) is 0 Å². The molecule has 1 aliphatic carbocycles. The molecular formula is C19H37NO. The van der Waals surface area contributed by atoms with Crippen molar-refractivity contribution in [2.45, 2.75) is 79.6 Å². The van der Waals surface area contributed by atoms with Crippen molar-refractivity contribution in [1.29, 1.82) is 0 Å². The van der Waals surface area contributed by atoms with Crippen LogP contribution < -0.4 is 0 Å². The Morgan fingerprint density at radius 2 is 1.52 bits per heavy atom. The van der Waals surface area contributed by atoms with Gasteiger partial charge in [-0.3, -0.25) is 4.79 Å². The maximum atomic E-state index is 12.8. The number of carbonyl (C=O) groups excluding carboxylic acids is 1. The van der Waals surface area contributed by atoms with E-state index in [4.69, 9.17) is 0 Å². The number of nitrogens with zero attached hydrogens (tertiary/aromatic N) is 1. The van der Waals surface area contributed by atoms with Crippen LogP contribution in [0, 0.1) is 23.7 Å². The highest BCUT2D eigenvalue weighted by molar-refractivity contribution is 5.79. The maximum absolute atomic E-state index is 12.8. The SMILES string of the molecule is CCCCC1CCC(C(=O)N(CC(C)C)CC(C)C)CC1. The summed E-state index contributed by atoms with van der Waals surface area (Å²) in [6.07, 6.45) is 8.83. The zero-order valence-corrected chi connectivity index (χ0v) is 15.0. The number of hydrogen-bond donors (Lipinski definition) is 0. The van der Waals surface area contributed by atoms with E-state index in [0.717, 1.165) is 31.8 Å². The molecule has 124 valence electrons. The third-order valence-corrected chi connectivity index (χ3v) is 4.64. The standard InChI is InChI=1S/C19H37NO/c1-6-7-8-17-9-11-18(12-10-17)19(21)20(13-15(2)3)14-16(4)5/h15-18H,6-14H2,1-5H3. The molecule has 0 unspecified atom stereocenters. The van der Waals surface area contributed by atoms with Gasteiger partial charge in [-0.25, -0.2) is 0 Å². The van der Waals surface area contributed by atoms with Crippen LogP contribution in [0.15, 0.2) is 0 Å². The van der Waals surface area contributed by atoms with E-state index in [1.807, 2.05) is 0 Å². The average molecular weight is 296 g/mol. The van der Waals surface area contributed by atoms with Crippen molar-refractivity contribution in [1.82, 2.24) is 4.90 Å². The maximum Gasteiger partial charge on any atom is 0.225 e. The van der Waals surface area contributed by atoms with Gasteiger partial charge in [-0.05, 0) is 43.4 Å². The molecule has 0 aromatic heterocycles. The smallest absolute Gasteiger partial charge is 0.225 e. The second-order valence-electron chi connectivity index (χ2n) is 7.89. The Hall–Kier alpha value is -0.530. The first-order valence-corrected chi connectivity index (χ1v) is 9.22. The number of carbonyl (C=O) groups is 1. The van der Waals surface area contributed by atoms with Crippen LogP contribution in [0.4, 0.5) is 0 Å². The van der Waals surface area contributed by atoms with Crippen molar-refractivity contribution in [3.05, 3.63) is 0 Å². The lowest BCUT2D eigenvalue weighted by atomic mass is 9.79. The predicted molar refractivity (Wildman–Crippen MR) is 91.2 cm³/mol. The fourth-order valence-corrected chi connectivity index (χ4v) is 3.59. The van der Waals surface area contributed by atoms with E-state index in [9.17, 15) is 4.79 Å². The van der Waals surface area contributed by atoms with E-state index in [2.05, 4.69) is 39.5 Å². The van der Waals surface area contributed by atoms with Crippen LogP contribution in [0.5, 0.6) is 0 Å². The average Bonchev–Trinajstić information content (AvgIpc) is 2.43. The quantitative estimate of drug-likeness (QED) is 0.608. The summed E-state index contributed by atoms with van der Waals surface area (Å²) < 4.78 is 0. The highest BCUT2D eigenvalue weighted by Gasteiger charge is 2.29. The van der Waals surface area contributed by atoms with Crippen LogP contribution in [-0.4, -0.2) is 23.9 Å². The number of rotatable bonds is 8. The van der Waals surface area contributed by atoms with Crippen molar-refractivity contribution < 1.29 is 4.79 Å². The summed E-state index contributed by atoms with van der Waals surface area (Å²) in [6, 6.07) is 0. The Kier molecular flexibility index (Phi) is 8.36. The summed E-state index contributed by atoms with van der Waals surface area (Å²) >= 11 is 0. The Balaban J connectivity index is 2.48. The molecule has 0 bridgehead atoms. The molecule has 2 nitrogen and oxygen atoms in total. The van der Waals surface area contributed by atoms with E-state index >= 15 is 0 Å². The van der Waals surface area contributed by atoms with Crippen LogP contribution >= 0.6 is 0 Å². The molecular weight excluding hydrogens is 258 g/mol. The molecule has 1 fully saturated rings. The van der Waals surface area contributed by atoms with E-state index in [-0.39, 0.29) is 0 Å². The van der Waals surface area contributed by atoms with Gasteiger partial charge in [0, 0.05) is 19.0 Å². The first kappa shape index (κ1) is 18.5. The van der Waals surface area contributed by atoms with Gasteiger partial charge in [0.15, 0.2) is 0 Å². The summed E-state index contributed by atoms with van der Waals surface area (Å²) in [4.78, 5) is 15.0. The van der Waals surface area contributed by atoms with Crippen molar-refractivity contribution >= 4 is 5.91 Å². The molecule has 1 amide bonds. The highest BCUT2D eigenvalue weighted by Crippen LogP contribution is 2.33. The van der Waals surface area contributed by atoms with E-state index in [1.54, 1.807) is 0 Å². The molecule has 21 heavy (non-hydrogen) atoms. The molecule has 1 rings (SSSR count). The summed E-state index contributed by atoms with van der Waals surface area (Å²) in [5.74, 6) is 2.76. The molecule has 1 saturated carbocycles. The zero-order chi connectivity index (χ0) is 15.8. The lowest BCUT2D eigenvalue weighted by molar-refractivity contribution is -0.138. The third-order valence-electron chi connectivity index (χ3n) is 4.64. The fraction of sp³-hybridized carbons (Fsp3) is 0.947. The molecule has 0 saturated heterocycles. The molecule has 0 aliphatic heterocycles. The largest absolute Gasteiger partial charge is 0.342 e. The van der Waals surface area contributed by atoms with Gasteiger partial charge >= 0.3 is 0 Å². The minimum atomic E-state index is 0.306. The third kappa shape index (κ3) is 6.84. The van der Waals surface area contributed by atoms with Gasteiger partial charge in [0.05, 0.1) is 0 Å². The predicted octanol–water partition coefficient (Wildman–Crippen LogP) is 5.12. The normalized spacial score (nSPS) is 22.8. The van der Waals surface area contributed by atoms with Gasteiger partial charge in [-0.2, -0.15) is 0 Å². The van der Waals surface area contributed by atoms with Crippen molar-refractivity contribution in [3.8, 4) is 0 Å². The highest BCUT2D eigenvalue weighted by atomic mass is 16.2. The Morgan fingerprint density at radius 1 is 1.00 bits per heavy atom. The van der Waals surface area contributed by atoms with Gasteiger partial charge in [0.2, 0.25) is 5.91 Å². The van der Waals surface area contributed by atoms with Gasteiger partial charge in [-0.15, -0.1) is 0 Å². The van der Waals surface area contributed by atoms with E-state index < -0.39 is 0 Å². The first-order chi connectivity index (χ1) is 9.93. The van der Waals surface area contributed by atoms with Crippen molar-refractivity contribution in [3.63, 3.8) is 0 Å². The van der Waals surface area contributed by atoms with Crippen LogP contribution in [0.3, 0.4) is 0 Å². The topological polar surface area (TPSA) is 20.3 Å². The molecule has 0 heterocycles. The summed E-state index contributed by atoms with van der Waals surface area (Å²) in [5.41, 5.74) is 0. The number of hydrogen-bond acceptors (Lipinski definition) is 1. The van der Waals surface area contributed by atoms with Gasteiger partial charge < -0.3 is 4.90 Å². The molecule has 0 atom stereocenters. The molecule has 2 heteroatoms. The second-order valence-corrected chi connectivity index (χ2v) is 7.89. The molecule has 1 aliphatic rings. The van der Waals surface area contributed by atoms with Crippen LogP contribution in [0.2, 0.25) is 0 Å². The first-order valence-electron chi connectivity index (χ1n) is 9.22. The van der Waals surface area contributed by atoms with Crippen molar-refractivity contribution in [2.24, 2.45) is 23.7 Å². The molecule has 0 aromatic carbocycles. The van der Waals surface area contributed by atoms with Gasteiger partial charge in [-0.1, -0.05) is 53.9 Å². The van der Waals surface area contributed by atoms with Gasteiger partial charge in [0.25, 0.3) is 0 Å². The Labute approximate surface area is 132 Å². The number of amides is 1. The Morgan fingerprint density at radius 3 is 1.95 bits per heavy atom. The van der Waals surface area contributed by atoms with Gasteiger partial charge in [0.1, 0.15) is 0 Å². The molecule has 0 radical (unpaired) electrons. The summed E-state index contributed by atoms with van der Waals surface area (Å²) in [5, 5.41) is 0. The second kappa shape index (κ2) is 9.48. The lowest BCUT2D eigenvalue weighted by Crippen LogP contribution is -2.41. The fourth-order valence-electron chi connectivity index (χ4n) is 3.59. The zero-order valence-electron chi connectivity index (χ0n) is 15.0. The monoisotopic (exact) mass is 295 g/mol. The molecule has 0 N–H and O–H groups in total.